The van der Waals surface area contributed by atoms with Crippen LogP contribution in [0.2, 0.25) is 0 Å². The van der Waals surface area contributed by atoms with Crippen LogP contribution in [0.1, 0.15) is 59.3 Å². The van der Waals surface area contributed by atoms with Gasteiger partial charge in [-0.3, -0.25) is 4.79 Å². The number of amides is 1. The first-order chi connectivity index (χ1) is 8.52. The van der Waals surface area contributed by atoms with Crippen LogP contribution in [0.25, 0.3) is 0 Å². The molecule has 0 aliphatic heterocycles. The summed E-state index contributed by atoms with van der Waals surface area (Å²) in [5.74, 6) is -0.00454. The highest BCUT2D eigenvalue weighted by Gasteiger charge is 2.24. The molecule has 1 fully saturated rings. The lowest BCUT2D eigenvalue weighted by atomic mass is 9.93. The van der Waals surface area contributed by atoms with Crippen LogP contribution in [0.5, 0.6) is 0 Å². The van der Waals surface area contributed by atoms with E-state index in [0.717, 1.165) is 38.5 Å². The fourth-order valence-corrected chi connectivity index (χ4v) is 2.52. The van der Waals surface area contributed by atoms with Crippen molar-refractivity contribution < 1.29 is 9.53 Å². The molecule has 0 spiro atoms. The van der Waals surface area contributed by atoms with Crippen LogP contribution in [-0.2, 0) is 9.53 Å². The highest BCUT2D eigenvalue weighted by Crippen LogP contribution is 2.21. The van der Waals surface area contributed by atoms with E-state index in [4.69, 9.17) is 10.5 Å². The fraction of sp³-hybridized carbons (Fsp3) is 0.929. The molecule has 0 bridgehead atoms. The summed E-state index contributed by atoms with van der Waals surface area (Å²) in [4.78, 5) is 11.9. The minimum atomic E-state index is -0.375. The third kappa shape index (κ3) is 5.36. The SMILES string of the molecule is CCCC(C)NC(=O)C(C)OC1CCCC(N)C1. The van der Waals surface area contributed by atoms with Crippen molar-refractivity contribution in [3.05, 3.63) is 0 Å². The first kappa shape index (κ1) is 15.4. The minimum Gasteiger partial charge on any atom is -0.365 e. The molecule has 1 aliphatic rings. The molecule has 0 aromatic heterocycles. The van der Waals surface area contributed by atoms with Gasteiger partial charge in [-0.05, 0) is 46.0 Å². The Balaban J connectivity index is 2.30. The van der Waals surface area contributed by atoms with E-state index in [1.165, 1.54) is 0 Å². The topological polar surface area (TPSA) is 64.3 Å². The molecule has 1 aliphatic carbocycles. The molecule has 4 unspecified atom stereocenters. The van der Waals surface area contributed by atoms with Gasteiger partial charge in [0.25, 0.3) is 0 Å². The van der Waals surface area contributed by atoms with Crippen molar-refractivity contribution in [2.24, 2.45) is 5.73 Å². The van der Waals surface area contributed by atoms with Crippen molar-refractivity contribution in [3.63, 3.8) is 0 Å². The van der Waals surface area contributed by atoms with Crippen molar-refractivity contribution in [2.75, 3.05) is 0 Å². The Morgan fingerprint density at radius 2 is 2.17 bits per heavy atom. The van der Waals surface area contributed by atoms with Crippen LogP contribution in [-0.4, -0.2) is 30.2 Å². The number of nitrogens with one attached hydrogen (secondary N) is 1. The van der Waals surface area contributed by atoms with Crippen molar-refractivity contribution in [1.29, 1.82) is 0 Å². The average molecular weight is 256 g/mol. The molecular weight excluding hydrogens is 228 g/mol. The maximum atomic E-state index is 11.9. The van der Waals surface area contributed by atoms with Gasteiger partial charge in [-0.2, -0.15) is 0 Å². The van der Waals surface area contributed by atoms with Crippen LogP contribution >= 0.6 is 0 Å². The van der Waals surface area contributed by atoms with Crippen LogP contribution in [0.15, 0.2) is 0 Å². The lowest BCUT2D eigenvalue weighted by Crippen LogP contribution is -2.42. The van der Waals surface area contributed by atoms with E-state index >= 15 is 0 Å². The average Bonchev–Trinajstić information content (AvgIpc) is 2.29. The van der Waals surface area contributed by atoms with Crippen LogP contribution in [0.4, 0.5) is 0 Å². The maximum absolute atomic E-state index is 11.9. The fourth-order valence-electron chi connectivity index (χ4n) is 2.52. The summed E-state index contributed by atoms with van der Waals surface area (Å²) in [5, 5.41) is 2.99. The van der Waals surface area contributed by atoms with Crippen molar-refractivity contribution in [2.45, 2.75) is 83.6 Å². The molecule has 1 saturated carbocycles. The Kier molecular flexibility index (Phi) is 6.65. The molecule has 4 nitrogen and oxygen atoms in total. The van der Waals surface area contributed by atoms with E-state index < -0.39 is 0 Å². The molecule has 0 aromatic carbocycles. The van der Waals surface area contributed by atoms with E-state index in [1.807, 2.05) is 13.8 Å². The molecule has 0 aromatic rings. The van der Waals surface area contributed by atoms with Gasteiger partial charge in [0.05, 0.1) is 6.10 Å². The van der Waals surface area contributed by atoms with Crippen molar-refractivity contribution in [3.8, 4) is 0 Å². The summed E-state index contributed by atoms with van der Waals surface area (Å²) in [6, 6.07) is 0.459. The molecule has 0 saturated heterocycles. The molecule has 1 rings (SSSR count). The zero-order chi connectivity index (χ0) is 13.5. The van der Waals surface area contributed by atoms with Crippen LogP contribution < -0.4 is 11.1 Å². The molecular formula is C14H28N2O2. The summed E-state index contributed by atoms with van der Waals surface area (Å²) in [5.41, 5.74) is 5.92. The van der Waals surface area contributed by atoms with E-state index in [0.29, 0.717) is 0 Å². The van der Waals surface area contributed by atoms with Gasteiger partial charge in [0.15, 0.2) is 0 Å². The number of hydrogen-bond acceptors (Lipinski definition) is 3. The second-order valence-electron chi connectivity index (χ2n) is 5.53. The molecule has 0 radical (unpaired) electrons. The van der Waals surface area contributed by atoms with E-state index in [1.54, 1.807) is 0 Å². The normalized spacial score (nSPS) is 27.6. The van der Waals surface area contributed by atoms with Gasteiger partial charge in [0.1, 0.15) is 6.10 Å². The lowest BCUT2D eigenvalue weighted by molar-refractivity contribution is -0.137. The number of rotatable bonds is 6. The van der Waals surface area contributed by atoms with Crippen molar-refractivity contribution >= 4 is 5.91 Å². The lowest BCUT2D eigenvalue weighted by Gasteiger charge is -2.29. The standard InChI is InChI=1S/C14H28N2O2/c1-4-6-10(2)16-14(17)11(3)18-13-8-5-7-12(15)9-13/h10-13H,4-9,15H2,1-3H3,(H,16,17). The smallest absolute Gasteiger partial charge is 0.249 e. The van der Waals surface area contributed by atoms with Gasteiger partial charge in [0, 0.05) is 12.1 Å². The molecule has 4 atom stereocenters. The predicted molar refractivity (Wildman–Crippen MR) is 73.3 cm³/mol. The largest absolute Gasteiger partial charge is 0.365 e. The Morgan fingerprint density at radius 1 is 1.44 bits per heavy atom. The summed E-state index contributed by atoms with van der Waals surface area (Å²) < 4.78 is 5.81. The van der Waals surface area contributed by atoms with Gasteiger partial charge in [-0.15, -0.1) is 0 Å². The third-order valence-electron chi connectivity index (χ3n) is 3.54. The Labute approximate surface area is 111 Å². The van der Waals surface area contributed by atoms with Crippen LogP contribution in [0, 0.1) is 0 Å². The number of nitrogens with two attached hydrogens (primary N) is 1. The number of carbonyl (C=O) groups is 1. The van der Waals surface area contributed by atoms with E-state index in [-0.39, 0.29) is 30.2 Å². The summed E-state index contributed by atoms with van der Waals surface area (Å²) in [6.07, 6.45) is 5.94. The summed E-state index contributed by atoms with van der Waals surface area (Å²) >= 11 is 0. The number of carbonyl (C=O) groups excluding carboxylic acids is 1. The second kappa shape index (κ2) is 7.74. The Morgan fingerprint density at radius 3 is 2.78 bits per heavy atom. The zero-order valence-corrected chi connectivity index (χ0v) is 11.9. The van der Waals surface area contributed by atoms with Gasteiger partial charge >= 0.3 is 0 Å². The number of ether oxygens (including phenoxy) is 1. The van der Waals surface area contributed by atoms with Gasteiger partial charge in [-0.1, -0.05) is 13.3 Å². The molecule has 18 heavy (non-hydrogen) atoms. The molecule has 3 N–H and O–H groups in total. The molecule has 0 heterocycles. The van der Waals surface area contributed by atoms with E-state index in [2.05, 4.69) is 12.2 Å². The monoisotopic (exact) mass is 256 g/mol. The predicted octanol–water partition coefficient (Wildman–Crippen LogP) is 1.97. The first-order valence-electron chi connectivity index (χ1n) is 7.24. The van der Waals surface area contributed by atoms with Gasteiger partial charge < -0.3 is 15.8 Å². The van der Waals surface area contributed by atoms with Gasteiger partial charge in [-0.25, -0.2) is 0 Å². The summed E-state index contributed by atoms with van der Waals surface area (Å²) in [6.45, 7) is 5.98. The van der Waals surface area contributed by atoms with Crippen LogP contribution in [0.3, 0.4) is 0 Å². The Bertz CT molecular complexity index is 258. The zero-order valence-electron chi connectivity index (χ0n) is 11.9. The summed E-state index contributed by atoms with van der Waals surface area (Å²) in [7, 11) is 0. The quantitative estimate of drug-likeness (QED) is 0.763. The van der Waals surface area contributed by atoms with E-state index in [9.17, 15) is 4.79 Å². The van der Waals surface area contributed by atoms with Gasteiger partial charge in [0.2, 0.25) is 5.91 Å². The van der Waals surface area contributed by atoms with Crippen molar-refractivity contribution in [1.82, 2.24) is 5.32 Å². The highest BCUT2D eigenvalue weighted by atomic mass is 16.5. The Hall–Kier alpha value is -0.610. The molecule has 4 heteroatoms. The molecule has 1 amide bonds. The number of hydrogen-bond donors (Lipinski definition) is 2. The highest BCUT2D eigenvalue weighted by molar-refractivity contribution is 5.80. The third-order valence-corrected chi connectivity index (χ3v) is 3.54. The maximum Gasteiger partial charge on any atom is 0.249 e. The minimum absolute atomic E-state index is 0.00454. The molecule has 106 valence electrons. The second-order valence-corrected chi connectivity index (χ2v) is 5.53. The first-order valence-corrected chi connectivity index (χ1v) is 7.24.